The number of rotatable bonds is 2. The van der Waals surface area contributed by atoms with E-state index in [1.807, 2.05) is 0 Å². The highest BCUT2D eigenvalue weighted by Gasteiger charge is 2.39. The van der Waals surface area contributed by atoms with Crippen molar-refractivity contribution in [3.05, 3.63) is 17.8 Å². The minimum absolute atomic E-state index is 0.707. The van der Waals surface area contributed by atoms with Gasteiger partial charge in [-0.25, -0.2) is 0 Å². The molecule has 4 rings (SSSR count). The second-order valence-electron chi connectivity index (χ2n) is 6.24. The highest BCUT2D eigenvalue weighted by molar-refractivity contribution is 5.40. The van der Waals surface area contributed by atoms with Crippen molar-refractivity contribution < 1.29 is 0 Å². The molecule has 18 heavy (non-hydrogen) atoms. The first-order valence-electron chi connectivity index (χ1n) is 7.07. The zero-order chi connectivity index (χ0) is 12.1. The molecule has 3 fully saturated rings. The lowest BCUT2D eigenvalue weighted by molar-refractivity contribution is 0.386. The lowest BCUT2D eigenvalue weighted by atomic mass is 10.0. The maximum atomic E-state index is 4.43. The van der Waals surface area contributed by atoms with Gasteiger partial charge in [0.1, 0.15) is 0 Å². The van der Waals surface area contributed by atoms with Gasteiger partial charge in [0.25, 0.3) is 0 Å². The third-order valence-corrected chi connectivity index (χ3v) is 4.66. The van der Waals surface area contributed by atoms with Crippen LogP contribution < -0.4 is 4.90 Å². The number of hydrogen-bond donors (Lipinski definition) is 0. The van der Waals surface area contributed by atoms with Crippen LogP contribution in [0.1, 0.15) is 24.5 Å². The molecular formula is C14H20N4. The molecule has 0 amide bonds. The Labute approximate surface area is 108 Å². The summed E-state index contributed by atoms with van der Waals surface area (Å²) in [5.41, 5.74) is 1.19. The Morgan fingerprint density at radius 1 is 1.00 bits per heavy atom. The first kappa shape index (κ1) is 10.7. The third kappa shape index (κ3) is 1.79. The lowest BCUT2D eigenvalue weighted by Crippen LogP contribution is -2.27. The zero-order valence-corrected chi connectivity index (χ0v) is 10.9. The summed E-state index contributed by atoms with van der Waals surface area (Å²) < 4.78 is 0. The van der Waals surface area contributed by atoms with Crippen LogP contribution in [0.4, 0.5) is 5.82 Å². The average molecular weight is 244 g/mol. The summed E-state index contributed by atoms with van der Waals surface area (Å²) in [6.07, 6.45) is 2.60. The van der Waals surface area contributed by atoms with Crippen LogP contribution >= 0.6 is 0 Å². The van der Waals surface area contributed by atoms with Crippen molar-refractivity contribution in [2.24, 2.45) is 11.8 Å². The van der Waals surface area contributed by atoms with Gasteiger partial charge < -0.3 is 9.80 Å². The smallest absolute Gasteiger partial charge is 0.151 e. The molecule has 2 saturated heterocycles. The Bertz CT molecular complexity index is 426. The fraction of sp³-hybridized carbons (Fsp3) is 0.714. The maximum absolute atomic E-state index is 4.43. The van der Waals surface area contributed by atoms with Crippen LogP contribution in [0.2, 0.25) is 0 Å². The Balaban J connectivity index is 1.48. The summed E-state index contributed by atoms with van der Waals surface area (Å²) in [4.78, 5) is 4.88. The molecule has 4 nitrogen and oxygen atoms in total. The molecule has 1 aromatic rings. The van der Waals surface area contributed by atoms with Crippen molar-refractivity contribution >= 4 is 5.82 Å². The van der Waals surface area contributed by atoms with Gasteiger partial charge in [0.05, 0.1) is 5.69 Å². The van der Waals surface area contributed by atoms with E-state index >= 15 is 0 Å². The molecule has 3 aliphatic rings. The van der Waals surface area contributed by atoms with Gasteiger partial charge in [-0.3, -0.25) is 0 Å². The molecule has 0 N–H and O–H groups in total. The predicted octanol–water partition coefficient (Wildman–Crippen LogP) is 1.35. The van der Waals surface area contributed by atoms with Crippen molar-refractivity contribution in [1.82, 2.24) is 15.1 Å². The van der Waals surface area contributed by atoms with Crippen LogP contribution in [0.15, 0.2) is 12.1 Å². The number of aromatic nitrogens is 2. The Hall–Kier alpha value is -1.16. The predicted molar refractivity (Wildman–Crippen MR) is 70.7 cm³/mol. The van der Waals surface area contributed by atoms with Gasteiger partial charge >= 0.3 is 0 Å². The number of likely N-dealkylation sites (tertiary alicyclic amines) is 1. The molecule has 0 spiro atoms. The van der Waals surface area contributed by atoms with Gasteiger partial charge in [-0.1, -0.05) is 0 Å². The van der Waals surface area contributed by atoms with Crippen LogP contribution in [0.3, 0.4) is 0 Å². The van der Waals surface area contributed by atoms with Crippen molar-refractivity contribution in [1.29, 1.82) is 0 Å². The van der Waals surface area contributed by atoms with E-state index in [4.69, 9.17) is 0 Å². The second kappa shape index (κ2) is 3.92. The molecule has 3 heterocycles. The van der Waals surface area contributed by atoms with Crippen molar-refractivity contribution in [3.63, 3.8) is 0 Å². The third-order valence-electron chi connectivity index (χ3n) is 4.66. The summed E-state index contributed by atoms with van der Waals surface area (Å²) in [5.74, 6) is 3.45. The van der Waals surface area contributed by atoms with Gasteiger partial charge in [-0.05, 0) is 43.9 Å². The summed E-state index contributed by atoms with van der Waals surface area (Å²) >= 11 is 0. The number of hydrogen-bond acceptors (Lipinski definition) is 4. The van der Waals surface area contributed by atoms with Gasteiger partial charge in [0, 0.05) is 32.1 Å². The maximum Gasteiger partial charge on any atom is 0.151 e. The SMILES string of the molecule is CN1CC2CN(c3ccc(C4CC4)nn3)CC2C1. The van der Waals surface area contributed by atoms with Crippen LogP contribution in [-0.2, 0) is 0 Å². The number of nitrogens with zero attached hydrogens (tertiary/aromatic N) is 4. The van der Waals surface area contributed by atoms with E-state index in [0.29, 0.717) is 5.92 Å². The second-order valence-corrected chi connectivity index (χ2v) is 6.24. The molecule has 2 aliphatic heterocycles. The Kier molecular flexibility index (Phi) is 2.34. The van der Waals surface area contributed by atoms with Gasteiger partial charge in [0.2, 0.25) is 0 Å². The summed E-state index contributed by atoms with van der Waals surface area (Å²) in [5, 5.41) is 8.82. The largest absolute Gasteiger partial charge is 0.354 e. The first-order chi connectivity index (χ1) is 8.79. The van der Waals surface area contributed by atoms with Crippen LogP contribution in [0.25, 0.3) is 0 Å². The molecule has 2 unspecified atom stereocenters. The molecule has 1 saturated carbocycles. The monoisotopic (exact) mass is 244 g/mol. The number of anilines is 1. The molecule has 4 heteroatoms. The number of fused-ring (bicyclic) bond motifs is 1. The summed E-state index contributed by atoms with van der Waals surface area (Å²) in [6.45, 7) is 4.81. The molecule has 0 radical (unpaired) electrons. The standard InChI is InChI=1S/C14H20N4/c1-17-6-11-8-18(9-12(11)7-17)14-5-4-13(15-16-14)10-2-3-10/h4-5,10-12H,2-3,6-9H2,1H3. The van der Waals surface area contributed by atoms with Gasteiger partial charge in [-0.2, -0.15) is 5.10 Å². The fourth-order valence-corrected chi connectivity index (χ4v) is 3.52. The minimum Gasteiger partial charge on any atom is -0.354 e. The van der Waals surface area contributed by atoms with Gasteiger partial charge in [-0.15, -0.1) is 5.10 Å². The van der Waals surface area contributed by atoms with Crippen molar-refractivity contribution in [2.75, 3.05) is 38.1 Å². The van der Waals surface area contributed by atoms with Crippen molar-refractivity contribution in [3.8, 4) is 0 Å². The van der Waals surface area contributed by atoms with E-state index < -0.39 is 0 Å². The van der Waals surface area contributed by atoms with Crippen LogP contribution in [0.5, 0.6) is 0 Å². The van der Waals surface area contributed by atoms with E-state index in [1.54, 1.807) is 0 Å². The highest BCUT2D eigenvalue weighted by Crippen LogP contribution is 2.39. The van der Waals surface area contributed by atoms with Gasteiger partial charge in [0.15, 0.2) is 5.82 Å². The molecule has 1 aliphatic carbocycles. The first-order valence-corrected chi connectivity index (χ1v) is 7.07. The van der Waals surface area contributed by atoms with Crippen molar-refractivity contribution in [2.45, 2.75) is 18.8 Å². The zero-order valence-electron chi connectivity index (χ0n) is 10.9. The quantitative estimate of drug-likeness (QED) is 0.786. The molecule has 1 aromatic heterocycles. The fourth-order valence-electron chi connectivity index (χ4n) is 3.52. The normalized spacial score (nSPS) is 31.9. The molecule has 0 bridgehead atoms. The Morgan fingerprint density at radius 2 is 1.72 bits per heavy atom. The van der Waals surface area contributed by atoms with E-state index in [-0.39, 0.29) is 0 Å². The van der Waals surface area contributed by atoms with Crippen LogP contribution in [-0.4, -0.2) is 48.3 Å². The molecule has 96 valence electrons. The Morgan fingerprint density at radius 3 is 2.28 bits per heavy atom. The van der Waals surface area contributed by atoms with E-state index in [0.717, 1.165) is 30.7 Å². The minimum atomic E-state index is 0.707. The molecule has 0 aromatic carbocycles. The topological polar surface area (TPSA) is 32.3 Å². The summed E-state index contributed by atoms with van der Waals surface area (Å²) in [6, 6.07) is 4.35. The average Bonchev–Trinajstić information content (AvgIpc) is 3.06. The lowest BCUT2D eigenvalue weighted by Gasteiger charge is -2.19. The highest BCUT2D eigenvalue weighted by atomic mass is 15.3. The van der Waals surface area contributed by atoms with E-state index in [2.05, 4.69) is 39.2 Å². The molecular weight excluding hydrogens is 224 g/mol. The van der Waals surface area contributed by atoms with Crippen LogP contribution in [0, 0.1) is 11.8 Å². The van der Waals surface area contributed by atoms with E-state index in [9.17, 15) is 0 Å². The summed E-state index contributed by atoms with van der Waals surface area (Å²) in [7, 11) is 2.23. The molecule has 2 atom stereocenters. The van der Waals surface area contributed by atoms with E-state index in [1.165, 1.54) is 31.6 Å².